The Kier molecular flexibility index (Phi) is 4.57. The molecule has 0 aromatic carbocycles. The maximum absolute atomic E-state index is 9.61. The minimum absolute atomic E-state index is 0.204. The number of nitriles is 1. The van der Waals surface area contributed by atoms with Crippen molar-refractivity contribution in [3.63, 3.8) is 0 Å². The van der Waals surface area contributed by atoms with Gasteiger partial charge in [-0.05, 0) is 38.5 Å². The summed E-state index contributed by atoms with van der Waals surface area (Å²) in [6, 6.07) is 2.59. The molecule has 1 aliphatic rings. The van der Waals surface area contributed by atoms with Gasteiger partial charge < -0.3 is 0 Å². The number of rotatable bonds is 5. The summed E-state index contributed by atoms with van der Waals surface area (Å²) < 4.78 is 1.91. The molecule has 0 atom stereocenters. The first kappa shape index (κ1) is 14.0. The van der Waals surface area contributed by atoms with Crippen molar-refractivity contribution in [1.82, 2.24) is 14.8 Å². The third kappa shape index (κ3) is 3.15. The second kappa shape index (κ2) is 6.18. The molecule has 0 saturated heterocycles. The van der Waals surface area contributed by atoms with Crippen LogP contribution in [-0.2, 0) is 13.0 Å². The molecule has 1 saturated carbocycles. The SMILES string of the molecule is CCCC1CCC(C#N)(Cc2ncnn2CC)CC1. The number of hydrogen-bond acceptors (Lipinski definition) is 3. The van der Waals surface area contributed by atoms with Crippen LogP contribution in [0.25, 0.3) is 0 Å². The van der Waals surface area contributed by atoms with Gasteiger partial charge in [-0.3, -0.25) is 4.68 Å². The van der Waals surface area contributed by atoms with Crippen LogP contribution in [0.4, 0.5) is 0 Å². The highest BCUT2D eigenvalue weighted by atomic mass is 15.3. The van der Waals surface area contributed by atoms with Gasteiger partial charge in [-0.25, -0.2) is 4.98 Å². The third-order valence-corrected chi connectivity index (χ3v) is 4.49. The smallest absolute Gasteiger partial charge is 0.138 e. The molecule has 0 N–H and O–H groups in total. The summed E-state index contributed by atoms with van der Waals surface area (Å²) in [5.74, 6) is 1.80. The van der Waals surface area contributed by atoms with E-state index in [2.05, 4.69) is 30.0 Å². The van der Waals surface area contributed by atoms with E-state index in [1.54, 1.807) is 6.33 Å². The van der Waals surface area contributed by atoms with E-state index >= 15 is 0 Å². The summed E-state index contributed by atoms with van der Waals surface area (Å²) in [4.78, 5) is 4.33. The normalized spacial score (nSPS) is 27.1. The van der Waals surface area contributed by atoms with E-state index in [9.17, 15) is 5.26 Å². The van der Waals surface area contributed by atoms with Crippen molar-refractivity contribution in [1.29, 1.82) is 5.26 Å². The van der Waals surface area contributed by atoms with Gasteiger partial charge in [0, 0.05) is 13.0 Å². The van der Waals surface area contributed by atoms with Crippen LogP contribution in [0, 0.1) is 22.7 Å². The molecular weight excluding hydrogens is 236 g/mol. The minimum Gasteiger partial charge on any atom is -0.250 e. The summed E-state index contributed by atoms with van der Waals surface area (Å²) in [5.41, 5.74) is -0.204. The zero-order valence-electron chi connectivity index (χ0n) is 12.1. The molecule has 4 heteroatoms. The molecule has 19 heavy (non-hydrogen) atoms. The van der Waals surface area contributed by atoms with Gasteiger partial charge >= 0.3 is 0 Å². The summed E-state index contributed by atoms with van der Waals surface area (Å²) in [5, 5.41) is 13.8. The number of nitrogens with zero attached hydrogens (tertiary/aromatic N) is 4. The fourth-order valence-corrected chi connectivity index (χ4v) is 3.25. The van der Waals surface area contributed by atoms with Crippen LogP contribution in [0.2, 0.25) is 0 Å². The molecular formula is C15H24N4. The maximum atomic E-state index is 9.61. The molecule has 1 heterocycles. The van der Waals surface area contributed by atoms with Crippen molar-refractivity contribution in [3.05, 3.63) is 12.2 Å². The van der Waals surface area contributed by atoms with E-state index in [4.69, 9.17) is 0 Å². The highest BCUT2D eigenvalue weighted by molar-refractivity contribution is 5.07. The molecule has 4 nitrogen and oxygen atoms in total. The monoisotopic (exact) mass is 260 g/mol. The van der Waals surface area contributed by atoms with Crippen molar-refractivity contribution in [2.24, 2.45) is 11.3 Å². The summed E-state index contributed by atoms with van der Waals surface area (Å²) >= 11 is 0. The molecule has 0 bridgehead atoms. The van der Waals surface area contributed by atoms with Gasteiger partial charge in [-0.15, -0.1) is 0 Å². The molecule has 1 aromatic heterocycles. The predicted molar refractivity (Wildman–Crippen MR) is 74.3 cm³/mol. The number of aromatic nitrogens is 3. The number of aryl methyl sites for hydroxylation is 1. The van der Waals surface area contributed by atoms with E-state index in [0.717, 1.165) is 37.5 Å². The van der Waals surface area contributed by atoms with Gasteiger partial charge in [0.15, 0.2) is 0 Å². The van der Waals surface area contributed by atoms with Crippen molar-refractivity contribution >= 4 is 0 Å². The fraction of sp³-hybridized carbons (Fsp3) is 0.800. The Labute approximate surface area is 115 Å². The van der Waals surface area contributed by atoms with Gasteiger partial charge in [-0.1, -0.05) is 19.8 Å². The molecule has 0 aliphatic heterocycles. The average molecular weight is 260 g/mol. The third-order valence-electron chi connectivity index (χ3n) is 4.49. The lowest BCUT2D eigenvalue weighted by molar-refractivity contribution is 0.196. The standard InChI is InChI=1S/C15H24N4/c1-3-5-13-6-8-15(11-16,9-7-13)10-14-17-12-18-19(14)4-2/h12-13H,3-10H2,1-2H3. The van der Waals surface area contributed by atoms with Crippen LogP contribution in [0.5, 0.6) is 0 Å². The Bertz CT molecular complexity index is 435. The Morgan fingerprint density at radius 1 is 1.42 bits per heavy atom. The van der Waals surface area contributed by atoms with E-state index in [0.29, 0.717) is 0 Å². The van der Waals surface area contributed by atoms with Gasteiger partial charge in [0.05, 0.1) is 11.5 Å². The topological polar surface area (TPSA) is 54.5 Å². The van der Waals surface area contributed by atoms with Gasteiger partial charge in [0.2, 0.25) is 0 Å². The molecule has 1 aliphatic carbocycles. The first-order valence-corrected chi connectivity index (χ1v) is 7.51. The average Bonchev–Trinajstić information content (AvgIpc) is 2.88. The van der Waals surface area contributed by atoms with Gasteiger partial charge in [-0.2, -0.15) is 10.4 Å². The van der Waals surface area contributed by atoms with E-state index in [-0.39, 0.29) is 5.41 Å². The highest BCUT2D eigenvalue weighted by Gasteiger charge is 2.36. The predicted octanol–water partition coefficient (Wildman–Crippen LogP) is 3.34. The summed E-state index contributed by atoms with van der Waals surface area (Å²) in [7, 11) is 0. The molecule has 0 spiro atoms. The zero-order chi connectivity index (χ0) is 13.7. The lowest BCUT2D eigenvalue weighted by Crippen LogP contribution is -2.29. The van der Waals surface area contributed by atoms with Crippen molar-refractivity contribution < 1.29 is 0 Å². The summed E-state index contributed by atoms with van der Waals surface area (Å²) in [6.45, 7) is 5.14. The largest absolute Gasteiger partial charge is 0.250 e. The number of hydrogen-bond donors (Lipinski definition) is 0. The zero-order valence-corrected chi connectivity index (χ0v) is 12.1. The second-order valence-corrected chi connectivity index (χ2v) is 5.79. The van der Waals surface area contributed by atoms with Crippen LogP contribution in [0.15, 0.2) is 6.33 Å². The first-order chi connectivity index (χ1) is 9.23. The second-order valence-electron chi connectivity index (χ2n) is 5.79. The first-order valence-electron chi connectivity index (χ1n) is 7.51. The van der Waals surface area contributed by atoms with Crippen LogP contribution < -0.4 is 0 Å². The molecule has 0 unspecified atom stereocenters. The molecule has 0 radical (unpaired) electrons. The van der Waals surface area contributed by atoms with E-state index in [1.165, 1.54) is 25.7 Å². The quantitative estimate of drug-likeness (QED) is 0.816. The van der Waals surface area contributed by atoms with Crippen LogP contribution in [0.3, 0.4) is 0 Å². The van der Waals surface area contributed by atoms with Gasteiger partial charge in [0.25, 0.3) is 0 Å². The van der Waals surface area contributed by atoms with Crippen LogP contribution in [-0.4, -0.2) is 14.8 Å². The molecule has 1 aromatic rings. The van der Waals surface area contributed by atoms with Crippen molar-refractivity contribution in [2.45, 2.75) is 65.3 Å². The maximum Gasteiger partial charge on any atom is 0.138 e. The highest BCUT2D eigenvalue weighted by Crippen LogP contribution is 2.42. The van der Waals surface area contributed by atoms with Crippen molar-refractivity contribution in [2.75, 3.05) is 0 Å². The van der Waals surface area contributed by atoms with Crippen molar-refractivity contribution in [3.8, 4) is 6.07 Å². The van der Waals surface area contributed by atoms with E-state index < -0.39 is 0 Å². The lowest BCUT2D eigenvalue weighted by atomic mass is 9.68. The minimum atomic E-state index is -0.204. The Balaban J connectivity index is 2.03. The Hall–Kier alpha value is -1.37. The van der Waals surface area contributed by atoms with Gasteiger partial charge in [0.1, 0.15) is 12.2 Å². The molecule has 2 rings (SSSR count). The molecule has 104 valence electrons. The van der Waals surface area contributed by atoms with Crippen LogP contribution in [0.1, 0.15) is 58.2 Å². The Morgan fingerprint density at radius 3 is 2.74 bits per heavy atom. The summed E-state index contributed by atoms with van der Waals surface area (Å²) in [6.07, 6.45) is 9.36. The molecule has 1 fully saturated rings. The molecule has 0 amide bonds. The lowest BCUT2D eigenvalue weighted by Gasteiger charge is -2.34. The Morgan fingerprint density at radius 2 is 2.16 bits per heavy atom. The fourth-order valence-electron chi connectivity index (χ4n) is 3.25. The van der Waals surface area contributed by atoms with E-state index in [1.807, 2.05) is 4.68 Å². The van der Waals surface area contributed by atoms with Crippen LogP contribution >= 0.6 is 0 Å².